The third-order valence-electron chi connectivity index (χ3n) is 17.3. The Labute approximate surface area is 554 Å². The van der Waals surface area contributed by atoms with Crippen molar-refractivity contribution in [3.05, 3.63) is 85.1 Å². The highest BCUT2D eigenvalue weighted by molar-refractivity contribution is 7.45. The summed E-state index contributed by atoms with van der Waals surface area (Å²) in [5.41, 5.74) is 0. The molecule has 8 nitrogen and oxygen atoms in total. The number of unbranched alkanes of at least 4 members (excludes halogenated alkanes) is 46. The van der Waals surface area contributed by atoms with Crippen molar-refractivity contribution in [2.75, 3.05) is 40.9 Å². The van der Waals surface area contributed by atoms with E-state index >= 15 is 0 Å². The van der Waals surface area contributed by atoms with Gasteiger partial charge in [0, 0.05) is 6.42 Å². The topological polar surface area (TPSA) is 108 Å². The number of phosphoric ester groups is 1. The molecule has 89 heavy (non-hydrogen) atoms. The summed E-state index contributed by atoms with van der Waals surface area (Å²) in [6.07, 6.45) is 100. The van der Waals surface area contributed by atoms with E-state index in [0.29, 0.717) is 17.4 Å². The maximum atomic E-state index is 13.1. The zero-order valence-electron chi connectivity index (χ0n) is 59.6. The van der Waals surface area contributed by atoms with E-state index in [1.165, 1.54) is 276 Å². The molecule has 0 rings (SSSR count). The average molecular weight is 1270 g/mol. The van der Waals surface area contributed by atoms with Crippen LogP contribution < -0.4 is 10.2 Å². The van der Waals surface area contributed by atoms with Gasteiger partial charge < -0.3 is 28.8 Å². The van der Waals surface area contributed by atoms with Crippen molar-refractivity contribution in [3.8, 4) is 0 Å². The van der Waals surface area contributed by atoms with Crippen LogP contribution in [0, 0.1) is 0 Å². The van der Waals surface area contributed by atoms with Gasteiger partial charge in [-0.2, -0.15) is 0 Å². The van der Waals surface area contributed by atoms with Crippen molar-refractivity contribution in [3.63, 3.8) is 0 Å². The summed E-state index contributed by atoms with van der Waals surface area (Å²) in [5.74, 6) is -0.206. The zero-order chi connectivity index (χ0) is 64.8. The van der Waals surface area contributed by atoms with E-state index in [1.54, 1.807) is 6.08 Å². The predicted octanol–water partition coefficient (Wildman–Crippen LogP) is 24.4. The Morgan fingerprint density at radius 3 is 1.04 bits per heavy atom. The number of allylic oxidation sites excluding steroid dienone is 13. The van der Waals surface area contributed by atoms with Gasteiger partial charge in [0.15, 0.2) is 0 Å². The van der Waals surface area contributed by atoms with Crippen molar-refractivity contribution >= 4 is 13.7 Å². The minimum Gasteiger partial charge on any atom is -0.756 e. The summed E-state index contributed by atoms with van der Waals surface area (Å²) >= 11 is 0. The Morgan fingerprint density at radius 2 is 0.697 bits per heavy atom. The van der Waals surface area contributed by atoms with Crippen LogP contribution in [0.2, 0.25) is 0 Å². The van der Waals surface area contributed by atoms with Crippen molar-refractivity contribution in [2.45, 2.75) is 379 Å². The van der Waals surface area contributed by atoms with Crippen LogP contribution in [0.1, 0.15) is 367 Å². The number of hydrogen-bond donors (Lipinski definition) is 2. The van der Waals surface area contributed by atoms with Crippen molar-refractivity contribution in [2.24, 2.45) is 0 Å². The largest absolute Gasteiger partial charge is 0.756 e. The fourth-order valence-corrected chi connectivity index (χ4v) is 12.1. The van der Waals surface area contributed by atoms with Gasteiger partial charge in [0.05, 0.1) is 39.9 Å². The van der Waals surface area contributed by atoms with E-state index in [9.17, 15) is 19.4 Å². The SMILES string of the molecule is CC/C=C\C/C=C\C/C=C\C/C=C\CCCCCCCCCCCCCCCCCCCCCCCCC(=O)NC(COP(=O)([O-])OCC[N+](C)(C)C)C(O)/C=C/CC/C=C/CC/C=C/CCCCCCCCCCCCCCCCCCCCCCCC. The van der Waals surface area contributed by atoms with Gasteiger partial charge >= 0.3 is 0 Å². The van der Waals surface area contributed by atoms with Gasteiger partial charge in [-0.1, -0.05) is 362 Å². The zero-order valence-corrected chi connectivity index (χ0v) is 60.5. The van der Waals surface area contributed by atoms with Gasteiger partial charge in [0.1, 0.15) is 13.2 Å². The minimum absolute atomic E-state index is 0.00977. The maximum Gasteiger partial charge on any atom is 0.268 e. The second-order valence-corrected chi connectivity index (χ2v) is 28.7. The van der Waals surface area contributed by atoms with Gasteiger partial charge in [-0.15, -0.1) is 0 Å². The lowest BCUT2D eigenvalue weighted by Crippen LogP contribution is -2.45. The molecule has 0 aliphatic carbocycles. The molecule has 2 N–H and O–H groups in total. The number of nitrogens with zero attached hydrogens (tertiary/aromatic N) is 1. The molecule has 0 fully saturated rings. The molecule has 0 bridgehead atoms. The Morgan fingerprint density at radius 1 is 0.404 bits per heavy atom. The summed E-state index contributed by atoms with van der Waals surface area (Å²) in [6, 6.07) is -0.914. The van der Waals surface area contributed by atoms with Crippen LogP contribution in [0.25, 0.3) is 0 Å². The molecule has 0 aliphatic rings. The number of carbonyl (C=O) groups is 1. The van der Waals surface area contributed by atoms with Crippen molar-refractivity contribution in [1.29, 1.82) is 0 Å². The number of aliphatic hydroxyl groups excluding tert-OH is 1. The van der Waals surface area contributed by atoms with Crippen molar-refractivity contribution < 1.29 is 32.9 Å². The molecule has 0 aromatic carbocycles. The molecule has 0 radical (unpaired) electrons. The fourth-order valence-electron chi connectivity index (χ4n) is 11.4. The molecule has 9 heteroatoms. The van der Waals surface area contributed by atoms with Crippen LogP contribution in [0.15, 0.2) is 85.1 Å². The second kappa shape index (κ2) is 70.0. The Bertz CT molecular complexity index is 1730. The maximum absolute atomic E-state index is 13.1. The van der Waals surface area contributed by atoms with Gasteiger partial charge in [0.2, 0.25) is 5.91 Å². The van der Waals surface area contributed by atoms with Crippen LogP contribution in [-0.4, -0.2) is 68.5 Å². The van der Waals surface area contributed by atoms with E-state index in [2.05, 4.69) is 92.1 Å². The highest BCUT2D eigenvalue weighted by atomic mass is 31.2. The number of amides is 1. The summed E-state index contributed by atoms with van der Waals surface area (Å²) in [7, 11) is 1.24. The van der Waals surface area contributed by atoms with Crippen LogP contribution in [-0.2, 0) is 18.4 Å². The lowest BCUT2D eigenvalue weighted by atomic mass is 10.0. The van der Waals surface area contributed by atoms with Crippen LogP contribution in [0.5, 0.6) is 0 Å². The average Bonchev–Trinajstić information content (AvgIpc) is 3.64. The molecular weight excluding hydrogens is 1120 g/mol. The van der Waals surface area contributed by atoms with Crippen LogP contribution in [0.3, 0.4) is 0 Å². The fraction of sp³-hybridized carbons (Fsp3) is 0.812. The first kappa shape index (κ1) is 86.7. The predicted molar refractivity (Wildman–Crippen MR) is 390 cm³/mol. The molecule has 0 saturated carbocycles. The van der Waals surface area contributed by atoms with E-state index in [0.717, 1.165) is 70.6 Å². The second-order valence-electron chi connectivity index (χ2n) is 27.3. The van der Waals surface area contributed by atoms with Crippen molar-refractivity contribution in [1.82, 2.24) is 5.32 Å². The highest BCUT2D eigenvalue weighted by Crippen LogP contribution is 2.38. The number of aliphatic hydroxyl groups is 1. The summed E-state index contributed by atoms with van der Waals surface area (Å²) in [4.78, 5) is 25.7. The molecule has 0 aromatic rings. The molecule has 0 spiro atoms. The molecule has 0 aliphatic heterocycles. The minimum atomic E-state index is -4.62. The third kappa shape index (κ3) is 73.0. The van der Waals surface area contributed by atoms with Crippen LogP contribution in [0.4, 0.5) is 0 Å². The van der Waals surface area contributed by atoms with Crippen LogP contribution >= 0.6 is 7.82 Å². The first-order valence-corrected chi connectivity index (χ1v) is 39.9. The van der Waals surface area contributed by atoms with Gasteiger partial charge in [-0.3, -0.25) is 9.36 Å². The number of rotatable bonds is 71. The number of carbonyl (C=O) groups excluding carboxylic acids is 1. The van der Waals surface area contributed by atoms with E-state index in [-0.39, 0.29) is 12.5 Å². The normalized spacial score (nSPS) is 14.0. The third-order valence-corrected chi connectivity index (χ3v) is 18.3. The molecule has 0 heterocycles. The Kier molecular flexibility index (Phi) is 68.2. The molecule has 3 atom stereocenters. The first-order valence-electron chi connectivity index (χ1n) is 38.4. The number of quaternary nitrogens is 1. The lowest BCUT2D eigenvalue weighted by Gasteiger charge is -2.29. The number of hydrogen-bond acceptors (Lipinski definition) is 6. The summed E-state index contributed by atoms with van der Waals surface area (Å²) in [5, 5.41) is 14.0. The highest BCUT2D eigenvalue weighted by Gasteiger charge is 2.23. The number of nitrogens with one attached hydrogen (secondary N) is 1. The molecule has 0 aromatic heterocycles. The number of likely N-dealkylation sites (N-methyl/N-ethyl adjacent to an activating group) is 1. The Hall–Kier alpha value is -2.32. The van der Waals surface area contributed by atoms with E-state index in [4.69, 9.17) is 9.05 Å². The lowest BCUT2D eigenvalue weighted by molar-refractivity contribution is -0.870. The quantitative estimate of drug-likeness (QED) is 0.0272. The standard InChI is InChI=1S/C80H149N2O6P/c1-6-8-10-12-14-16-18-20-22-24-26-28-30-32-34-36-38-40-41-42-44-46-48-50-52-54-56-58-60-62-64-66-68-70-72-74-80(84)81-78(77-88-89(85,86)87-76-75-82(3,4)5)79(83)73-71-69-67-65-63-61-59-57-55-53-51-49-47-45-43-39-37-35-33-31-29-27-25-23-21-19-17-15-13-11-9-7-2/h8,10,14,16,20,22,26,28,55,57,63,65,71,73,78-79,83H,6-7,9,11-13,15,17-19,21,23-25,27,29-54,56,58-62,64,66-70,72,74-77H2,1-5H3,(H-,81,84,85,86)/b10-8-,16-14-,22-20-,28-26-,57-55+,65-63+,73-71+. The Balaban J connectivity index is 4.04. The van der Waals surface area contributed by atoms with E-state index < -0.39 is 26.6 Å². The smallest absolute Gasteiger partial charge is 0.268 e. The summed E-state index contributed by atoms with van der Waals surface area (Å²) in [6.45, 7) is 4.55. The molecular formula is C80H149N2O6P. The molecule has 0 saturated heterocycles. The monoisotopic (exact) mass is 1270 g/mol. The first-order chi connectivity index (χ1) is 43.5. The molecule has 3 unspecified atom stereocenters. The van der Waals surface area contributed by atoms with Gasteiger partial charge in [-0.25, -0.2) is 0 Å². The van der Waals surface area contributed by atoms with Gasteiger partial charge in [0.25, 0.3) is 7.82 Å². The molecule has 520 valence electrons. The molecule has 1 amide bonds. The number of phosphoric acid groups is 1. The summed E-state index contributed by atoms with van der Waals surface area (Å²) < 4.78 is 23.5. The van der Waals surface area contributed by atoms with E-state index in [1.807, 2.05) is 27.2 Å². The van der Waals surface area contributed by atoms with Gasteiger partial charge in [-0.05, 0) is 83.5 Å².